The summed E-state index contributed by atoms with van der Waals surface area (Å²) in [7, 11) is 1.15. The normalized spacial score (nSPS) is 10.5. The second kappa shape index (κ2) is 4.73. The summed E-state index contributed by atoms with van der Waals surface area (Å²) in [5.41, 5.74) is 10.3. The predicted molar refractivity (Wildman–Crippen MR) is 53.7 cm³/mol. The number of pyridine rings is 1. The van der Waals surface area contributed by atoms with E-state index in [4.69, 9.17) is 11.5 Å². The number of anilines is 2. The number of nitrogens with zero attached hydrogens (tertiary/aromatic N) is 1. The number of alkyl halides is 2. The molecule has 0 aliphatic carbocycles. The number of esters is 1. The number of ether oxygens (including phenoxy) is 1. The van der Waals surface area contributed by atoms with Crippen LogP contribution in [0.25, 0.3) is 0 Å². The number of carbonyl (C=O) groups is 1. The molecule has 0 saturated carbocycles. The van der Waals surface area contributed by atoms with Gasteiger partial charge in [0.25, 0.3) is 6.43 Å². The number of hydrogen-bond acceptors (Lipinski definition) is 5. The first kappa shape index (κ1) is 12.2. The number of rotatable bonds is 3. The van der Waals surface area contributed by atoms with Crippen molar-refractivity contribution in [3.8, 4) is 0 Å². The van der Waals surface area contributed by atoms with E-state index in [1.807, 2.05) is 0 Å². The van der Waals surface area contributed by atoms with Crippen molar-refractivity contribution < 1.29 is 18.3 Å². The summed E-state index contributed by atoms with van der Waals surface area (Å²) in [6, 6.07) is 0. The molecule has 5 nitrogen and oxygen atoms in total. The Balaban J connectivity index is 3.20. The zero-order valence-electron chi connectivity index (χ0n) is 8.54. The molecule has 1 rings (SSSR count). The van der Waals surface area contributed by atoms with Gasteiger partial charge in [-0.3, -0.25) is 9.78 Å². The van der Waals surface area contributed by atoms with Crippen molar-refractivity contribution in [3.05, 3.63) is 17.5 Å². The first-order chi connectivity index (χ1) is 7.47. The number of aromatic nitrogens is 1. The monoisotopic (exact) mass is 231 g/mol. The van der Waals surface area contributed by atoms with Crippen LogP contribution in [0.5, 0.6) is 0 Å². The molecule has 0 radical (unpaired) electrons. The minimum absolute atomic E-state index is 0.0586. The van der Waals surface area contributed by atoms with E-state index in [1.54, 1.807) is 0 Å². The van der Waals surface area contributed by atoms with Crippen LogP contribution in [0.1, 0.15) is 17.7 Å². The van der Waals surface area contributed by atoms with Crippen molar-refractivity contribution in [3.63, 3.8) is 0 Å². The molecule has 0 aliphatic rings. The molecule has 0 aliphatic heterocycles. The van der Waals surface area contributed by atoms with Crippen LogP contribution in [-0.2, 0) is 16.0 Å². The van der Waals surface area contributed by atoms with E-state index < -0.39 is 18.1 Å². The first-order valence-electron chi connectivity index (χ1n) is 4.35. The number of nitrogen functional groups attached to an aromatic ring is 2. The Kier molecular flexibility index (Phi) is 3.60. The van der Waals surface area contributed by atoms with Crippen molar-refractivity contribution in [1.29, 1.82) is 0 Å². The van der Waals surface area contributed by atoms with Gasteiger partial charge < -0.3 is 16.2 Å². The molecule has 1 aromatic rings. The fourth-order valence-electron chi connectivity index (χ4n) is 1.19. The Labute approximate surface area is 90.4 Å². The van der Waals surface area contributed by atoms with E-state index in [1.165, 1.54) is 0 Å². The van der Waals surface area contributed by atoms with Crippen LogP contribution < -0.4 is 11.5 Å². The number of methoxy groups -OCH3 is 1. The lowest BCUT2D eigenvalue weighted by atomic mass is 10.1. The third-order valence-corrected chi connectivity index (χ3v) is 2.04. The Bertz CT molecular complexity index is 410. The van der Waals surface area contributed by atoms with Crippen LogP contribution >= 0.6 is 0 Å². The molecule has 0 amide bonds. The van der Waals surface area contributed by atoms with E-state index >= 15 is 0 Å². The second-order valence-corrected chi connectivity index (χ2v) is 3.04. The van der Waals surface area contributed by atoms with Gasteiger partial charge in [0.05, 0.1) is 31.1 Å². The molecule has 0 aromatic carbocycles. The average molecular weight is 231 g/mol. The maximum atomic E-state index is 12.6. The minimum atomic E-state index is -2.82. The van der Waals surface area contributed by atoms with Crippen molar-refractivity contribution in [2.24, 2.45) is 0 Å². The molecule has 88 valence electrons. The summed E-state index contributed by atoms with van der Waals surface area (Å²) in [5.74, 6) is -0.680. The summed E-state index contributed by atoms with van der Waals surface area (Å²) < 4.78 is 29.5. The van der Waals surface area contributed by atoms with E-state index in [-0.39, 0.29) is 23.4 Å². The smallest absolute Gasteiger partial charge is 0.310 e. The molecule has 16 heavy (non-hydrogen) atoms. The summed E-state index contributed by atoms with van der Waals surface area (Å²) in [6.45, 7) is 0. The number of nitrogens with two attached hydrogens (primary N) is 2. The van der Waals surface area contributed by atoms with E-state index in [0.29, 0.717) is 0 Å². The standard InChI is InChI=1S/C9H11F2N3O2/c1-16-6(15)2-4-7(13)5(12)3-14-8(4)9(10)11/h3,9H,2,12H2,1H3,(H2,13,14). The predicted octanol–water partition coefficient (Wildman–Crippen LogP) is 0.899. The van der Waals surface area contributed by atoms with Gasteiger partial charge in [0.15, 0.2) is 0 Å². The maximum Gasteiger partial charge on any atom is 0.310 e. The fraction of sp³-hybridized carbons (Fsp3) is 0.333. The summed E-state index contributed by atoms with van der Waals surface area (Å²) in [4.78, 5) is 14.5. The highest BCUT2D eigenvalue weighted by atomic mass is 19.3. The van der Waals surface area contributed by atoms with E-state index in [2.05, 4.69) is 9.72 Å². The molecular weight excluding hydrogens is 220 g/mol. The fourth-order valence-corrected chi connectivity index (χ4v) is 1.19. The molecule has 0 spiro atoms. The Morgan fingerprint density at radius 2 is 2.19 bits per heavy atom. The quantitative estimate of drug-likeness (QED) is 0.754. The molecular formula is C9H11F2N3O2. The number of hydrogen-bond donors (Lipinski definition) is 2. The van der Waals surface area contributed by atoms with Gasteiger partial charge in [0, 0.05) is 5.56 Å². The molecule has 0 atom stereocenters. The highest BCUT2D eigenvalue weighted by molar-refractivity contribution is 5.78. The molecule has 1 aromatic heterocycles. The van der Waals surface area contributed by atoms with Gasteiger partial charge in [-0.15, -0.1) is 0 Å². The topological polar surface area (TPSA) is 91.2 Å². The molecule has 1 heterocycles. The molecule has 4 N–H and O–H groups in total. The van der Waals surface area contributed by atoms with Gasteiger partial charge >= 0.3 is 5.97 Å². The van der Waals surface area contributed by atoms with Gasteiger partial charge in [0.1, 0.15) is 5.69 Å². The van der Waals surface area contributed by atoms with Gasteiger partial charge in [0.2, 0.25) is 0 Å². The van der Waals surface area contributed by atoms with Crippen molar-refractivity contribution >= 4 is 17.3 Å². The minimum Gasteiger partial charge on any atom is -0.469 e. The van der Waals surface area contributed by atoms with Crippen LogP contribution in [0.2, 0.25) is 0 Å². The molecule has 0 fully saturated rings. The van der Waals surface area contributed by atoms with Crippen molar-refractivity contribution in [2.45, 2.75) is 12.8 Å². The molecule has 0 bridgehead atoms. The zero-order valence-corrected chi connectivity index (χ0v) is 8.54. The summed E-state index contributed by atoms with van der Waals surface area (Å²) >= 11 is 0. The highest BCUT2D eigenvalue weighted by Gasteiger charge is 2.21. The Hall–Kier alpha value is -1.92. The Morgan fingerprint density at radius 1 is 1.56 bits per heavy atom. The second-order valence-electron chi connectivity index (χ2n) is 3.04. The van der Waals surface area contributed by atoms with E-state index in [0.717, 1.165) is 13.3 Å². The SMILES string of the molecule is COC(=O)Cc1c(C(F)F)ncc(N)c1N. The molecule has 0 unspecified atom stereocenters. The molecule has 0 saturated heterocycles. The first-order valence-corrected chi connectivity index (χ1v) is 4.35. The van der Waals surface area contributed by atoms with E-state index in [9.17, 15) is 13.6 Å². The highest BCUT2D eigenvalue weighted by Crippen LogP contribution is 2.29. The zero-order chi connectivity index (χ0) is 12.3. The van der Waals surface area contributed by atoms with Crippen LogP contribution in [0.3, 0.4) is 0 Å². The van der Waals surface area contributed by atoms with Gasteiger partial charge in [-0.1, -0.05) is 0 Å². The van der Waals surface area contributed by atoms with Crippen molar-refractivity contribution in [1.82, 2.24) is 4.98 Å². The van der Waals surface area contributed by atoms with Crippen LogP contribution in [0, 0.1) is 0 Å². The van der Waals surface area contributed by atoms with Crippen molar-refractivity contribution in [2.75, 3.05) is 18.6 Å². The van der Waals surface area contributed by atoms with Crippen LogP contribution in [0.15, 0.2) is 6.20 Å². The summed E-state index contributed by atoms with van der Waals surface area (Å²) in [6.07, 6.45) is -2.15. The third kappa shape index (κ3) is 2.36. The van der Waals surface area contributed by atoms with Gasteiger partial charge in [-0.2, -0.15) is 0 Å². The summed E-state index contributed by atoms with van der Waals surface area (Å²) in [5, 5.41) is 0. The Morgan fingerprint density at radius 3 is 2.69 bits per heavy atom. The van der Waals surface area contributed by atoms with Crippen LogP contribution in [0.4, 0.5) is 20.2 Å². The lowest BCUT2D eigenvalue weighted by molar-refractivity contribution is -0.139. The van der Waals surface area contributed by atoms with Gasteiger partial charge in [-0.05, 0) is 0 Å². The average Bonchev–Trinajstić information content (AvgIpc) is 2.24. The van der Waals surface area contributed by atoms with Gasteiger partial charge in [-0.25, -0.2) is 8.78 Å². The number of carbonyl (C=O) groups excluding carboxylic acids is 1. The third-order valence-electron chi connectivity index (χ3n) is 2.04. The molecule has 7 heteroatoms. The number of halogens is 2. The lowest BCUT2D eigenvalue weighted by Crippen LogP contribution is -2.12. The lowest BCUT2D eigenvalue weighted by Gasteiger charge is -2.11. The van der Waals surface area contributed by atoms with Crippen LogP contribution in [-0.4, -0.2) is 18.1 Å². The largest absolute Gasteiger partial charge is 0.469 e. The maximum absolute atomic E-state index is 12.6.